The lowest BCUT2D eigenvalue weighted by Gasteiger charge is -2.06. The van der Waals surface area contributed by atoms with Crippen LogP contribution in [0.1, 0.15) is 5.56 Å². The maximum atomic E-state index is 13.9. The molecule has 0 saturated carbocycles. The van der Waals surface area contributed by atoms with Crippen LogP contribution in [0.15, 0.2) is 49.1 Å². The van der Waals surface area contributed by atoms with Crippen molar-refractivity contribution in [3.63, 3.8) is 0 Å². The number of halogens is 1. The molecular weight excluding hydrogens is 363 g/mol. The molecule has 1 aromatic carbocycles. The summed E-state index contributed by atoms with van der Waals surface area (Å²) in [4.78, 5) is 20.2. The SMILES string of the molecule is CNC(=O)Cn1cc(Nc2ncc3cnn(Cc4ccccc4F)c3n2)cn1. The fraction of sp³-hybridized carbons (Fsp3) is 0.167. The van der Waals surface area contributed by atoms with Gasteiger partial charge in [-0.2, -0.15) is 15.2 Å². The van der Waals surface area contributed by atoms with E-state index in [0.29, 0.717) is 22.8 Å². The van der Waals surface area contributed by atoms with Crippen LogP contribution in [0.4, 0.5) is 16.0 Å². The summed E-state index contributed by atoms with van der Waals surface area (Å²) in [5, 5.41) is 14.7. The lowest BCUT2D eigenvalue weighted by Crippen LogP contribution is -2.23. The molecule has 0 aliphatic rings. The molecule has 0 saturated heterocycles. The van der Waals surface area contributed by atoms with Crippen LogP contribution in [0.3, 0.4) is 0 Å². The van der Waals surface area contributed by atoms with Gasteiger partial charge in [0, 0.05) is 25.0 Å². The molecule has 1 amide bonds. The van der Waals surface area contributed by atoms with E-state index in [9.17, 15) is 9.18 Å². The van der Waals surface area contributed by atoms with Gasteiger partial charge in [0.05, 0.1) is 30.0 Å². The lowest BCUT2D eigenvalue weighted by atomic mass is 10.2. The highest BCUT2D eigenvalue weighted by atomic mass is 19.1. The zero-order valence-corrected chi connectivity index (χ0v) is 15.0. The summed E-state index contributed by atoms with van der Waals surface area (Å²) >= 11 is 0. The third kappa shape index (κ3) is 3.65. The van der Waals surface area contributed by atoms with Gasteiger partial charge in [0.15, 0.2) is 5.65 Å². The molecule has 2 N–H and O–H groups in total. The number of aromatic nitrogens is 6. The van der Waals surface area contributed by atoms with Gasteiger partial charge in [-0.3, -0.25) is 9.48 Å². The Bertz CT molecular complexity index is 1140. The van der Waals surface area contributed by atoms with E-state index < -0.39 is 0 Å². The van der Waals surface area contributed by atoms with Crippen LogP contribution in [-0.4, -0.2) is 42.5 Å². The molecule has 0 aliphatic heterocycles. The largest absolute Gasteiger partial charge is 0.358 e. The zero-order valence-electron chi connectivity index (χ0n) is 15.0. The summed E-state index contributed by atoms with van der Waals surface area (Å²) in [6.07, 6.45) is 6.54. The van der Waals surface area contributed by atoms with Gasteiger partial charge in [0.25, 0.3) is 0 Å². The highest BCUT2D eigenvalue weighted by Gasteiger charge is 2.10. The molecule has 142 valence electrons. The molecule has 0 atom stereocenters. The smallest absolute Gasteiger partial charge is 0.241 e. The number of amides is 1. The van der Waals surface area contributed by atoms with Crippen LogP contribution in [0.5, 0.6) is 0 Å². The predicted molar refractivity (Wildman–Crippen MR) is 100 cm³/mol. The van der Waals surface area contributed by atoms with Crippen molar-refractivity contribution in [3.8, 4) is 0 Å². The second kappa shape index (κ2) is 7.43. The van der Waals surface area contributed by atoms with Crippen molar-refractivity contribution in [1.29, 1.82) is 0 Å². The van der Waals surface area contributed by atoms with Crippen LogP contribution in [0, 0.1) is 5.82 Å². The maximum Gasteiger partial charge on any atom is 0.241 e. The van der Waals surface area contributed by atoms with Gasteiger partial charge in [-0.15, -0.1) is 0 Å². The Morgan fingerprint density at radius 3 is 2.86 bits per heavy atom. The molecule has 4 aromatic rings. The van der Waals surface area contributed by atoms with Crippen molar-refractivity contribution in [2.45, 2.75) is 13.1 Å². The van der Waals surface area contributed by atoms with Gasteiger partial charge in [-0.1, -0.05) is 18.2 Å². The van der Waals surface area contributed by atoms with Crippen LogP contribution in [0.25, 0.3) is 11.0 Å². The summed E-state index contributed by atoms with van der Waals surface area (Å²) in [6, 6.07) is 6.56. The minimum absolute atomic E-state index is 0.119. The Labute approximate surface area is 159 Å². The number of nitrogens with zero attached hydrogens (tertiary/aromatic N) is 6. The first-order chi connectivity index (χ1) is 13.6. The third-order valence-corrected chi connectivity index (χ3v) is 4.13. The molecule has 4 rings (SSSR count). The van der Waals surface area contributed by atoms with Gasteiger partial charge < -0.3 is 10.6 Å². The topological polar surface area (TPSA) is 103 Å². The molecule has 9 nitrogen and oxygen atoms in total. The second-order valence-corrected chi connectivity index (χ2v) is 6.09. The van der Waals surface area contributed by atoms with Crippen LogP contribution in [0.2, 0.25) is 0 Å². The molecule has 3 heterocycles. The monoisotopic (exact) mass is 380 g/mol. The first kappa shape index (κ1) is 17.6. The molecule has 0 fully saturated rings. The van der Waals surface area contributed by atoms with Crippen molar-refractivity contribution in [2.24, 2.45) is 0 Å². The summed E-state index contributed by atoms with van der Waals surface area (Å²) < 4.78 is 17.1. The van der Waals surface area contributed by atoms with Crippen molar-refractivity contribution in [2.75, 3.05) is 12.4 Å². The average Bonchev–Trinajstić information content (AvgIpc) is 3.30. The van der Waals surface area contributed by atoms with E-state index in [4.69, 9.17) is 0 Å². The summed E-state index contributed by atoms with van der Waals surface area (Å²) in [6.45, 7) is 0.379. The lowest BCUT2D eigenvalue weighted by molar-refractivity contribution is -0.121. The summed E-state index contributed by atoms with van der Waals surface area (Å²) in [5.74, 6) is -0.0891. The molecule has 0 spiro atoms. The van der Waals surface area contributed by atoms with Crippen LogP contribution in [-0.2, 0) is 17.9 Å². The minimum Gasteiger partial charge on any atom is -0.358 e. The number of benzene rings is 1. The number of carbonyl (C=O) groups excluding carboxylic acids is 1. The predicted octanol–water partition coefficient (Wildman–Crippen LogP) is 1.70. The van der Waals surface area contributed by atoms with Crippen LogP contribution < -0.4 is 10.6 Å². The molecule has 0 bridgehead atoms. The molecular formula is C18H17FN8O. The van der Waals surface area contributed by atoms with E-state index in [1.165, 1.54) is 10.7 Å². The summed E-state index contributed by atoms with van der Waals surface area (Å²) in [7, 11) is 1.57. The van der Waals surface area contributed by atoms with Crippen molar-refractivity contribution < 1.29 is 9.18 Å². The Hall–Kier alpha value is -3.82. The molecule has 10 heteroatoms. The highest BCUT2D eigenvalue weighted by molar-refractivity contribution is 5.76. The van der Waals surface area contributed by atoms with Crippen molar-refractivity contribution >= 4 is 28.6 Å². The van der Waals surface area contributed by atoms with E-state index in [1.807, 2.05) is 0 Å². The number of anilines is 2. The number of fused-ring (bicyclic) bond motifs is 1. The van der Waals surface area contributed by atoms with E-state index in [0.717, 1.165) is 5.39 Å². The number of carbonyl (C=O) groups is 1. The normalized spacial score (nSPS) is 10.9. The third-order valence-electron chi connectivity index (χ3n) is 4.13. The number of likely N-dealkylation sites (N-methyl/N-ethyl adjacent to an activating group) is 1. The standard InChI is InChI=1S/C18H17FN8O/c1-20-16(28)11-26-10-14(8-22-26)24-18-21-6-13-7-23-27(17(13)25-18)9-12-4-2-3-5-15(12)19/h2-8,10H,9,11H2,1H3,(H,20,28)(H,21,24,25). The fourth-order valence-electron chi connectivity index (χ4n) is 2.70. The van der Waals surface area contributed by atoms with Gasteiger partial charge in [-0.05, 0) is 6.07 Å². The van der Waals surface area contributed by atoms with E-state index in [2.05, 4.69) is 30.8 Å². The quantitative estimate of drug-likeness (QED) is 0.528. The Kier molecular flexibility index (Phi) is 4.67. The molecule has 3 aromatic heterocycles. The van der Waals surface area contributed by atoms with Gasteiger partial charge in [0.1, 0.15) is 12.4 Å². The second-order valence-electron chi connectivity index (χ2n) is 6.09. The van der Waals surface area contributed by atoms with E-state index >= 15 is 0 Å². The molecule has 0 radical (unpaired) electrons. The maximum absolute atomic E-state index is 13.9. The Balaban J connectivity index is 1.56. The van der Waals surface area contributed by atoms with E-state index in [1.54, 1.807) is 54.7 Å². The van der Waals surface area contributed by atoms with Crippen molar-refractivity contribution in [3.05, 3.63) is 60.4 Å². The summed E-state index contributed by atoms with van der Waals surface area (Å²) in [5.41, 5.74) is 1.75. The number of rotatable bonds is 6. The first-order valence-electron chi connectivity index (χ1n) is 8.54. The van der Waals surface area contributed by atoms with E-state index in [-0.39, 0.29) is 24.8 Å². The van der Waals surface area contributed by atoms with Crippen molar-refractivity contribution in [1.82, 2.24) is 34.8 Å². The fourth-order valence-corrected chi connectivity index (χ4v) is 2.70. The molecule has 28 heavy (non-hydrogen) atoms. The van der Waals surface area contributed by atoms with Crippen LogP contribution >= 0.6 is 0 Å². The minimum atomic E-state index is -0.290. The number of hydrogen-bond acceptors (Lipinski definition) is 6. The first-order valence-corrected chi connectivity index (χ1v) is 8.54. The van der Waals surface area contributed by atoms with Gasteiger partial charge >= 0.3 is 0 Å². The number of nitrogens with one attached hydrogen (secondary N) is 2. The zero-order chi connectivity index (χ0) is 19.5. The van der Waals surface area contributed by atoms with Gasteiger partial charge in [-0.25, -0.2) is 14.1 Å². The number of hydrogen-bond donors (Lipinski definition) is 2. The van der Waals surface area contributed by atoms with Gasteiger partial charge in [0.2, 0.25) is 11.9 Å². The molecule has 0 aliphatic carbocycles. The Morgan fingerprint density at radius 2 is 2.04 bits per heavy atom. The molecule has 0 unspecified atom stereocenters. The Morgan fingerprint density at radius 1 is 1.18 bits per heavy atom. The average molecular weight is 380 g/mol. The highest BCUT2D eigenvalue weighted by Crippen LogP contribution is 2.17.